The zero-order chi connectivity index (χ0) is 12.4. The zero-order valence-electron chi connectivity index (χ0n) is 10.9. The molecule has 3 rings (SSSR count). The monoisotopic (exact) mass is 245 g/mol. The van der Waals surface area contributed by atoms with Gasteiger partial charge in [0.1, 0.15) is 0 Å². The first-order valence-corrected chi connectivity index (χ1v) is 7.15. The summed E-state index contributed by atoms with van der Waals surface area (Å²) in [5.41, 5.74) is 9.13. The van der Waals surface area contributed by atoms with Crippen LogP contribution in [-0.2, 0) is 6.42 Å². The van der Waals surface area contributed by atoms with E-state index in [1.54, 1.807) is 0 Å². The molecule has 1 heterocycles. The van der Waals surface area contributed by atoms with Gasteiger partial charge >= 0.3 is 0 Å². The van der Waals surface area contributed by atoms with Crippen LogP contribution in [0.5, 0.6) is 0 Å². The molecule has 1 fully saturated rings. The van der Waals surface area contributed by atoms with Crippen LogP contribution >= 0.6 is 0 Å². The lowest BCUT2D eigenvalue weighted by Gasteiger charge is -2.24. The molecule has 3 nitrogen and oxygen atoms in total. The van der Waals surface area contributed by atoms with E-state index in [1.807, 2.05) is 0 Å². The molecular formula is C15H23N3. The second-order valence-corrected chi connectivity index (χ2v) is 5.58. The van der Waals surface area contributed by atoms with Crippen LogP contribution in [0, 0.1) is 0 Å². The van der Waals surface area contributed by atoms with Crippen LogP contribution in [0.2, 0.25) is 0 Å². The topological polar surface area (TPSA) is 50.1 Å². The molecule has 0 amide bonds. The predicted molar refractivity (Wildman–Crippen MR) is 74.5 cm³/mol. The van der Waals surface area contributed by atoms with E-state index in [1.165, 1.54) is 30.4 Å². The second-order valence-electron chi connectivity index (χ2n) is 5.58. The molecule has 98 valence electrons. The van der Waals surface area contributed by atoms with Gasteiger partial charge in [-0.3, -0.25) is 0 Å². The predicted octanol–water partition coefficient (Wildman–Crippen LogP) is 1.34. The fourth-order valence-electron chi connectivity index (χ4n) is 3.28. The van der Waals surface area contributed by atoms with E-state index in [0.717, 1.165) is 19.5 Å². The van der Waals surface area contributed by atoms with Gasteiger partial charge in [0.15, 0.2) is 0 Å². The van der Waals surface area contributed by atoms with Crippen molar-refractivity contribution in [2.24, 2.45) is 5.73 Å². The van der Waals surface area contributed by atoms with E-state index in [2.05, 4.69) is 34.9 Å². The molecule has 3 heteroatoms. The molecule has 0 bridgehead atoms. The van der Waals surface area contributed by atoms with Crippen LogP contribution in [-0.4, -0.2) is 25.2 Å². The van der Waals surface area contributed by atoms with Crippen molar-refractivity contribution in [3.05, 3.63) is 35.4 Å². The standard InChI is InChI=1S/C15H23N3/c16-15-13-6-2-1-4-11(13)10-14(15)18-12-5-3-8-17-9-7-12/h1-2,4,6,12,14-15,17-18H,3,5,7-10,16H2/t12?,14-,15-/m1/s1. The van der Waals surface area contributed by atoms with Crippen molar-refractivity contribution in [1.82, 2.24) is 10.6 Å². The first-order valence-electron chi connectivity index (χ1n) is 7.15. The smallest absolute Gasteiger partial charge is 0.0456 e. The number of rotatable bonds is 2. The summed E-state index contributed by atoms with van der Waals surface area (Å²) >= 11 is 0. The summed E-state index contributed by atoms with van der Waals surface area (Å²) in [4.78, 5) is 0. The molecule has 4 N–H and O–H groups in total. The summed E-state index contributed by atoms with van der Waals surface area (Å²) in [7, 11) is 0. The molecule has 0 aromatic heterocycles. The highest BCUT2D eigenvalue weighted by molar-refractivity contribution is 5.36. The van der Waals surface area contributed by atoms with Crippen LogP contribution < -0.4 is 16.4 Å². The molecule has 2 aliphatic rings. The summed E-state index contributed by atoms with van der Waals surface area (Å²) in [6.07, 6.45) is 4.85. The van der Waals surface area contributed by atoms with Gasteiger partial charge in [0, 0.05) is 18.1 Å². The van der Waals surface area contributed by atoms with Crippen LogP contribution in [0.15, 0.2) is 24.3 Å². The summed E-state index contributed by atoms with van der Waals surface area (Å²) < 4.78 is 0. The van der Waals surface area contributed by atoms with E-state index in [4.69, 9.17) is 5.73 Å². The summed E-state index contributed by atoms with van der Waals surface area (Å²) in [6.45, 7) is 2.29. The molecule has 1 aliphatic heterocycles. The SMILES string of the molecule is N[C@@H]1c2ccccc2C[C@H]1NC1CCCNCC1. The lowest BCUT2D eigenvalue weighted by Crippen LogP contribution is -2.43. The van der Waals surface area contributed by atoms with E-state index in [0.29, 0.717) is 12.1 Å². The zero-order valence-corrected chi connectivity index (χ0v) is 10.9. The average molecular weight is 245 g/mol. The minimum absolute atomic E-state index is 0.164. The van der Waals surface area contributed by atoms with Gasteiger partial charge in [-0.1, -0.05) is 24.3 Å². The molecule has 1 aromatic carbocycles. The molecule has 18 heavy (non-hydrogen) atoms. The number of fused-ring (bicyclic) bond motifs is 1. The molecule has 0 saturated carbocycles. The van der Waals surface area contributed by atoms with Crippen LogP contribution in [0.1, 0.15) is 36.4 Å². The second kappa shape index (κ2) is 5.39. The highest BCUT2D eigenvalue weighted by Gasteiger charge is 2.30. The Morgan fingerprint density at radius 3 is 2.94 bits per heavy atom. The van der Waals surface area contributed by atoms with E-state index >= 15 is 0 Å². The fourth-order valence-corrected chi connectivity index (χ4v) is 3.28. The first-order chi connectivity index (χ1) is 8.84. The van der Waals surface area contributed by atoms with Crippen molar-refractivity contribution in [3.63, 3.8) is 0 Å². The fraction of sp³-hybridized carbons (Fsp3) is 0.600. The van der Waals surface area contributed by atoms with Gasteiger partial charge < -0.3 is 16.4 Å². The van der Waals surface area contributed by atoms with Crippen LogP contribution in [0.3, 0.4) is 0 Å². The Hall–Kier alpha value is -0.900. The maximum absolute atomic E-state index is 6.37. The maximum atomic E-state index is 6.37. The Labute approximate surface area is 109 Å². The van der Waals surface area contributed by atoms with E-state index in [9.17, 15) is 0 Å². The quantitative estimate of drug-likeness (QED) is 0.737. The van der Waals surface area contributed by atoms with Gasteiger partial charge in [0.2, 0.25) is 0 Å². The molecule has 1 unspecified atom stereocenters. The van der Waals surface area contributed by atoms with Crippen molar-refractivity contribution in [2.75, 3.05) is 13.1 Å². The molecule has 3 atom stereocenters. The molecule has 1 saturated heterocycles. The minimum atomic E-state index is 0.164. The number of hydrogen-bond donors (Lipinski definition) is 3. The number of benzene rings is 1. The number of nitrogens with two attached hydrogens (primary N) is 1. The summed E-state index contributed by atoms with van der Waals surface area (Å²) in [6, 6.07) is 9.82. The molecule has 0 spiro atoms. The Balaban J connectivity index is 1.65. The summed E-state index contributed by atoms with van der Waals surface area (Å²) in [5.74, 6) is 0. The van der Waals surface area contributed by atoms with Crippen molar-refractivity contribution < 1.29 is 0 Å². The Morgan fingerprint density at radius 2 is 2.06 bits per heavy atom. The largest absolute Gasteiger partial charge is 0.323 e. The van der Waals surface area contributed by atoms with E-state index < -0.39 is 0 Å². The lowest BCUT2D eigenvalue weighted by atomic mass is 10.0. The first kappa shape index (κ1) is 12.2. The maximum Gasteiger partial charge on any atom is 0.0456 e. The average Bonchev–Trinajstić information content (AvgIpc) is 2.58. The van der Waals surface area contributed by atoms with Crippen molar-refractivity contribution in [1.29, 1.82) is 0 Å². The van der Waals surface area contributed by atoms with Gasteiger partial charge in [-0.2, -0.15) is 0 Å². The Morgan fingerprint density at radius 1 is 1.17 bits per heavy atom. The van der Waals surface area contributed by atoms with Gasteiger partial charge in [0.25, 0.3) is 0 Å². The van der Waals surface area contributed by atoms with Crippen molar-refractivity contribution >= 4 is 0 Å². The Kier molecular flexibility index (Phi) is 3.64. The number of nitrogens with one attached hydrogen (secondary N) is 2. The minimum Gasteiger partial charge on any atom is -0.323 e. The van der Waals surface area contributed by atoms with E-state index in [-0.39, 0.29) is 6.04 Å². The molecule has 1 aromatic rings. The number of hydrogen-bond acceptors (Lipinski definition) is 3. The normalized spacial score (nSPS) is 31.9. The third-order valence-electron chi connectivity index (χ3n) is 4.31. The lowest BCUT2D eigenvalue weighted by molar-refractivity contribution is 0.374. The highest BCUT2D eigenvalue weighted by atomic mass is 15.0. The molecular weight excluding hydrogens is 222 g/mol. The van der Waals surface area contributed by atoms with Gasteiger partial charge in [-0.05, 0) is 49.9 Å². The van der Waals surface area contributed by atoms with Gasteiger partial charge in [-0.25, -0.2) is 0 Å². The molecule has 0 radical (unpaired) electrons. The van der Waals surface area contributed by atoms with Crippen LogP contribution in [0.25, 0.3) is 0 Å². The van der Waals surface area contributed by atoms with Crippen molar-refractivity contribution in [3.8, 4) is 0 Å². The van der Waals surface area contributed by atoms with Gasteiger partial charge in [0.05, 0.1) is 0 Å². The third kappa shape index (κ3) is 2.44. The highest BCUT2D eigenvalue weighted by Crippen LogP contribution is 2.30. The van der Waals surface area contributed by atoms with Crippen LogP contribution in [0.4, 0.5) is 0 Å². The third-order valence-corrected chi connectivity index (χ3v) is 4.31. The van der Waals surface area contributed by atoms with Crippen molar-refractivity contribution in [2.45, 2.75) is 43.8 Å². The Bertz CT molecular complexity index is 396. The summed E-state index contributed by atoms with van der Waals surface area (Å²) in [5, 5.41) is 7.25. The van der Waals surface area contributed by atoms with Gasteiger partial charge in [-0.15, -0.1) is 0 Å². The molecule has 1 aliphatic carbocycles.